The van der Waals surface area contributed by atoms with Crippen molar-refractivity contribution in [2.45, 2.75) is 33.2 Å². The molecule has 0 aliphatic heterocycles. The average molecular weight is 300 g/mol. The van der Waals surface area contributed by atoms with Crippen LogP contribution in [0.15, 0.2) is 35.3 Å². The second-order valence-corrected chi connectivity index (χ2v) is 5.26. The summed E-state index contributed by atoms with van der Waals surface area (Å²) >= 11 is 0. The summed E-state index contributed by atoms with van der Waals surface area (Å²) in [5.41, 5.74) is 1.73. The lowest BCUT2D eigenvalue weighted by Crippen LogP contribution is -2.25. The second kappa shape index (κ2) is 5.71. The van der Waals surface area contributed by atoms with Crippen molar-refractivity contribution in [2.24, 2.45) is 0 Å². The molecule has 0 fully saturated rings. The van der Waals surface area contributed by atoms with Gasteiger partial charge in [0.15, 0.2) is 0 Å². The van der Waals surface area contributed by atoms with E-state index in [2.05, 4.69) is 17.1 Å². The summed E-state index contributed by atoms with van der Waals surface area (Å²) in [6.07, 6.45) is 3.51. The average Bonchev–Trinajstić information content (AvgIpc) is 2.96. The third kappa shape index (κ3) is 2.41. The van der Waals surface area contributed by atoms with Gasteiger partial charge in [-0.3, -0.25) is 4.79 Å². The van der Waals surface area contributed by atoms with E-state index in [9.17, 15) is 9.18 Å². The minimum atomic E-state index is -0.321. The Bertz CT molecular complexity index is 864. The molecule has 0 spiro atoms. The number of benzene rings is 1. The maximum atomic E-state index is 13.1. The molecule has 0 unspecified atom stereocenters. The first kappa shape index (κ1) is 14.4. The fraction of sp³-hybridized carbons (Fsp3) is 0.312. The number of unbranched alkanes of at least 4 members (excludes halogenated alkanes) is 1. The maximum Gasteiger partial charge on any atom is 0.293 e. The van der Waals surface area contributed by atoms with Crippen molar-refractivity contribution in [1.82, 2.24) is 19.6 Å². The molecule has 6 heteroatoms. The SMILES string of the molecule is CCCCn1nc(C)c2cnn(-c3ccc(F)cc3)c2c1=O. The summed E-state index contributed by atoms with van der Waals surface area (Å²) in [4.78, 5) is 12.7. The first-order chi connectivity index (χ1) is 10.6. The monoisotopic (exact) mass is 300 g/mol. The van der Waals surface area contributed by atoms with E-state index in [1.54, 1.807) is 23.0 Å². The summed E-state index contributed by atoms with van der Waals surface area (Å²) in [7, 11) is 0. The fourth-order valence-electron chi connectivity index (χ4n) is 2.46. The number of hydrogen-bond acceptors (Lipinski definition) is 3. The first-order valence-electron chi connectivity index (χ1n) is 7.33. The Morgan fingerprint density at radius 3 is 2.64 bits per heavy atom. The van der Waals surface area contributed by atoms with Gasteiger partial charge in [-0.2, -0.15) is 10.2 Å². The zero-order valence-corrected chi connectivity index (χ0v) is 12.6. The van der Waals surface area contributed by atoms with E-state index >= 15 is 0 Å². The molecule has 0 atom stereocenters. The van der Waals surface area contributed by atoms with E-state index < -0.39 is 0 Å². The van der Waals surface area contributed by atoms with E-state index in [1.165, 1.54) is 16.8 Å². The highest BCUT2D eigenvalue weighted by Crippen LogP contribution is 2.17. The van der Waals surface area contributed by atoms with Gasteiger partial charge in [0.05, 0.1) is 17.6 Å². The fourth-order valence-corrected chi connectivity index (χ4v) is 2.46. The number of rotatable bonds is 4. The standard InChI is InChI=1S/C16H17FN4O/c1-3-4-9-20-16(22)15-14(11(2)19-20)10-18-21(15)13-7-5-12(17)6-8-13/h5-8,10H,3-4,9H2,1-2H3. The van der Waals surface area contributed by atoms with Crippen molar-refractivity contribution in [3.8, 4) is 5.69 Å². The predicted octanol–water partition coefficient (Wildman–Crippen LogP) is 2.83. The quantitative estimate of drug-likeness (QED) is 0.744. The second-order valence-electron chi connectivity index (χ2n) is 5.26. The van der Waals surface area contributed by atoms with Crippen LogP contribution in [0.25, 0.3) is 16.6 Å². The molecule has 3 rings (SSSR count). The molecule has 3 aromatic rings. The molecule has 0 radical (unpaired) electrons. The van der Waals surface area contributed by atoms with Gasteiger partial charge < -0.3 is 0 Å². The molecular formula is C16H17FN4O. The van der Waals surface area contributed by atoms with Gasteiger partial charge in [-0.25, -0.2) is 13.8 Å². The summed E-state index contributed by atoms with van der Waals surface area (Å²) in [6, 6.07) is 5.92. The number of halogens is 1. The Morgan fingerprint density at radius 2 is 1.95 bits per heavy atom. The molecule has 22 heavy (non-hydrogen) atoms. The van der Waals surface area contributed by atoms with Crippen LogP contribution in [0.1, 0.15) is 25.5 Å². The molecule has 1 aromatic carbocycles. The molecular weight excluding hydrogens is 283 g/mol. The Balaban J connectivity index is 2.22. The van der Waals surface area contributed by atoms with Gasteiger partial charge in [0.1, 0.15) is 11.3 Å². The van der Waals surface area contributed by atoms with Crippen molar-refractivity contribution >= 4 is 10.9 Å². The smallest absolute Gasteiger partial charge is 0.265 e. The lowest BCUT2D eigenvalue weighted by Gasteiger charge is -2.08. The number of aryl methyl sites for hydroxylation is 2. The number of hydrogen-bond donors (Lipinski definition) is 0. The van der Waals surface area contributed by atoms with Crippen molar-refractivity contribution < 1.29 is 4.39 Å². The summed E-state index contributed by atoms with van der Waals surface area (Å²) < 4.78 is 16.1. The first-order valence-corrected chi connectivity index (χ1v) is 7.33. The van der Waals surface area contributed by atoms with Gasteiger partial charge in [-0.05, 0) is 37.6 Å². The lowest BCUT2D eigenvalue weighted by atomic mass is 10.2. The normalized spacial score (nSPS) is 11.2. The highest BCUT2D eigenvalue weighted by Gasteiger charge is 2.14. The Kier molecular flexibility index (Phi) is 3.75. The lowest BCUT2D eigenvalue weighted by molar-refractivity contribution is 0.541. The van der Waals surface area contributed by atoms with Crippen LogP contribution in [-0.2, 0) is 6.54 Å². The van der Waals surface area contributed by atoms with E-state index in [-0.39, 0.29) is 11.4 Å². The summed E-state index contributed by atoms with van der Waals surface area (Å²) in [6.45, 7) is 4.51. The molecule has 0 aliphatic rings. The van der Waals surface area contributed by atoms with Crippen molar-refractivity contribution in [3.05, 3.63) is 52.3 Å². The van der Waals surface area contributed by atoms with Crippen molar-refractivity contribution in [1.29, 1.82) is 0 Å². The van der Waals surface area contributed by atoms with E-state index in [0.29, 0.717) is 17.7 Å². The minimum Gasteiger partial charge on any atom is -0.265 e. The molecule has 0 aliphatic carbocycles. The number of fused-ring (bicyclic) bond motifs is 1. The molecule has 0 amide bonds. The molecule has 2 heterocycles. The molecule has 5 nitrogen and oxygen atoms in total. The molecule has 2 aromatic heterocycles. The van der Waals surface area contributed by atoms with Crippen LogP contribution in [0.5, 0.6) is 0 Å². The Morgan fingerprint density at radius 1 is 1.23 bits per heavy atom. The van der Waals surface area contributed by atoms with Gasteiger partial charge in [-0.15, -0.1) is 0 Å². The van der Waals surface area contributed by atoms with Crippen LogP contribution in [0.2, 0.25) is 0 Å². The van der Waals surface area contributed by atoms with Gasteiger partial charge in [0.2, 0.25) is 0 Å². The van der Waals surface area contributed by atoms with E-state index in [0.717, 1.165) is 23.9 Å². The van der Waals surface area contributed by atoms with Crippen LogP contribution < -0.4 is 5.56 Å². The summed E-state index contributed by atoms with van der Waals surface area (Å²) in [5.74, 6) is -0.321. The zero-order valence-electron chi connectivity index (χ0n) is 12.6. The van der Waals surface area contributed by atoms with Crippen molar-refractivity contribution in [3.63, 3.8) is 0 Å². The third-order valence-electron chi connectivity index (χ3n) is 3.66. The van der Waals surface area contributed by atoms with Crippen LogP contribution in [0, 0.1) is 12.7 Å². The van der Waals surface area contributed by atoms with Gasteiger partial charge in [-0.1, -0.05) is 13.3 Å². The molecule has 114 valence electrons. The largest absolute Gasteiger partial charge is 0.293 e. The maximum absolute atomic E-state index is 13.1. The number of aromatic nitrogens is 4. The van der Waals surface area contributed by atoms with Gasteiger partial charge in [0, 0.05) is 11.9 Å². The van der Waals surface area contributed by atoms with Crippen LogP contribution >= 0.6 is 0 Å². The van der Waals surface area contributed by atoms with Crippen LogP contribution in [0.3, 0.4) is 0 Å². The van der Waals surface area contributed by atoms with E-state index in [4.69, 9.17) is 0 Å². The summed E-state index contributed by atoms with van der Waals surface area (Å²) in [5, 5.41) is 9.35. The van der Waals surface area contributed by atoms with Gasteiger partial charge >= 0.3 is 0 Å². The highest BCUT2D eigenvalue weighted by atomic mass is 19.1. The predicted molar refractivity (Wildman–Crippen MR) is 82.7 cm³/mol. The van der Waals surface area contributed by atoms with Crippen LogP contribution in [-0.4, -0.2) is 19.6 Å². The zero-order chi connectivity index (χ0) is 15.7. The minimum absolute atomic E-state index is 0.170. The van der Waals surface area contributed by atoms with Crippen molar-refractivity contribution in [2.75, 3.05) is 0 Å². The molecule has 0 bridgehead atoms. The van der Waals surface area contributed by atoms with Gasteiger partial charge in [0.25, 0.3) is 5.56 Å². The van der Waals surface area contributed by atoms with E-state index in [1.807, 2.05) is 6.92 Å². The molecule has 0 saturated heterocycles. The third-order valence-corrected chi connectivity index (χ3v) is 3.66. The Labute approximate surface area is 127 Å². The Hall–Kier alpha value is -2.50. The topological polar surface area (TPSA) is 52.7 Å². The molecule has 0 N–H and O–H groups in total. The molecule has 0 saturated carbocycles. The number of nitrogens with zero attached hydrogens (tertiary/aromatic N) is 4. The van der Waals surface area contributed by atoms with Crippen LogP contribution in [0.4, 0.5) is 4.39 Å². The highest BCUT2D eigenvalue weighted by molar-refractivity contribution is 5.81.